The fourth-order valence-corrected chi connectivity index (χ4v) is 2.45. The lowest BCUT2D eigenvalue weighted by atomic mass is 10.0. The van der Waals surface area contributed by atoms with E-state index in [4.69, 9.17) is 4.74 Å². The minimum atomic E-state index is -0.574. The van der Waals surface area contributed by atoms with Gasteiger partial charge < -0.3 is 10.1 Å². The van der Waals surface area contributed by atoms with Crippen LogP contribution in [0, 0.1) is 11.6 Å². The number of hydrogen-bond donors (Lipinski definition) is 1. The monoisotopic (exact) mass is 275 g/mol. The third-order valence-corrected chi connectivity index (χ3v) is 3.47. The van der Waals surface area contributed by atoms with E-state index in [0.29, 0.717) is 18.7 Å². The molecular formula is C16H15F2NO. The molecule has 0 spiro atoms. The topological polar surface area (TPSA) is 21.3 Å². The third-order valence-electron chi connectivity index (χ3n) is 3.47. The fourth-order valence-electron chi connectivity index (χ4n) is 2.45. The van der Waals surface area contributed by atoms with Gasteiger partial charge in [0, 0.05) is 24.7 Å². The van der Waals surface area contributed by atoms with Crippen molar-refractivity contribution in [2.45, 2.75) is 12.2 Å². The first kappa shape index (κ1) is 13.2. The molecule has 2 atom stereocenters. The summed E-state index contributed by atoms with van der Waals surface area (Å²) in [5, 5.41) is 3.24. The van der Waals surface area contributed by atoms with Crippen LogP contribution in [-0.2, 0) is 4.74 Å². The Hall–Kier alpha value is -1.78. The molecule has 0 aromatic heterocycles. The van der Waals surface area contributed by atoms with Gasteiger partial charge in [-0.15, -0.1) is 0 Å². The summed E-state index contributed by atoms with van der Waals surface area (Å²) in [5.74, 6) is -1.14. The van der Waals surface area contributed by atoms with Gasteiger partial charge >= 0.3 is 0 Å². The van der Waals surface area contributed by atoms with E-state index in [9.17, 15) is 8.78 Å². The van der Waals surface area contributed by atoms with Gasteiger partial charge in [-0.3, -0.25) is 0 Å². The quantitative estimate of drug-likeness (QED) is 0.907. The van der Waals surface area contributed by atoms with Crippen LogP contribution < -0.4 is 5.32 Å². The van der Waals surface area contributed by atoms with E-state index in [1.165, 1.54) is 12.1 Å². The Kier molecular flexibility index (Phi) is 3.76. The van der Waals surface area contributed by atoms with Crippen molar-refractivity contribution in [1.82, 2.24) is 5.32 Å². The Labute approximate surface area is 116 Å². The summed E-state index contributed by atoms with van der Waals surface area (Å²) in [4.78, 5) is 0. The fraction of sp³-hybridized carbons (Fsp3) is 0.250. The molecule has 2 aromatic rings. The maximum absolute atomic E-state index is 13.8. The van der Waals surface area contributed by atoms with Crippen molar-refractivity contribution in [2.24, 2.45) is 0 Å². The van der Waals surface area contributed by atoms with Gasteiger partial charge in [-0.05, 0) is 11.6 Å². The predicted molar refractivity (Wildman–Crippen MR) is 72.2 cm³/mol. The highest BCUT2D eigenvalue weighted by Gasteiger charge is 2.26. The Bertz CT molecular complexity index is 588. The summed E-state index contributed by atoms with van der Waals surface area (Å²) < 4.78 is 32.7. The first-order valence-corrected chi connectivity index (χ1v) is 6.60. The number of hydrogen-bond acceptors (Lipinski definition) is 2. The molecule has 0 amide bonds. The zero-order chi connectivity index (χ0) is 13.9. The maximum atomic E-state index is 13.8. The highest BCUT2D eigenvalue weighted by molar-refractivity contribution is 5.23. The Morgan fingerprint density at radius 3 is 2.45 bits per heavy atom. The van der Waals surface area contributed by atoms with E-state index in [2.05, 4.69) is 5.32 Å². The molecule has 0 radical (unpaired) electrons. The molecule has 1 heterocycles. The molecule has 0 bridgehead atoms. The molecule has 4 heteroatoms. The molecule has 104 valence electrons. The minimum Gasteiger partial charge on any atom is -0.363 e. The van der Waals surface area contributed by atoms with Gasteiger partial charge in [0.2, 0.25) is 0 Å². The van der Waals surface area contributed by atoms with Gasteiger partial charge in [0.1, 0.15) is 11.6 Å². The Balaban J connectivity index is 1.81. The number of rotatable bonds is 2. The first-order valence-electron chi connectivity index (χ1n) is 6.60. The molecular weight excluding hydrogens is 260 g/mol. The summed E-state index contributed by atoms with van der Waals surface area (Å²) in [6.45, 7) is 1.20. The molecule has 2 unspecified atom stereocenters. The molecule has 3 rings (SSSR count). The van der Waals surface area contributed by atoms with Crippen LogP contribution in [0.1, 0.15) is 23.3 Å². The van der Waals surface area contributed by atoms with Crippen LogP contribution in [0.2, 0.25) is 0 Å². The smallest absolute Gasteiger partial charge is 0.131 e. The lowest BCUT2D eigenvalue weighted by molar-refractivity contribution is -0.0421. The Morgan fingerprint density at radius 2 is 1.70 bits per heavy atom. The van der Waals surface area contributed by atoms with Gasteiger partial charge in [-0.1, -0.05) is 36.4 Å². The number of ether oxygens (including phenoxy) is 1. The zero-order valence-electron chi connectivity index (χ0n) is 10.9. The number of morpholine rings is 1. The number of nitrogens with one attached hydrogen (secondary N) is 1. The minimum absolute atomic E-state index is 0.126. The van der Waals surface area contributed by atoms with E-state index in [1.54, 1.807) is 0 Å². The van der Waals surface area contributed by atoms with Crippen LogP contribution in [-0.4, -0.2) is 13.1 Å². The second-order valence-electron chi connectivity index (χ2n) is 4.85. The normalized spacial score (nSPS) is 22.7. The number of benzene rings is 2. The van der Waals surface area contributed by atoms with E-state index in [0.717, 1.165) is 11.6 Å². The van der Waals surface area contributed by atoms with Crippen LogP contribution in [0.15, 0.2) is 48.5 Å². The average Bonchev–Trinajstić information content (AvgIpc) is 2.48. The van der Waals surface area contributed by atoms with Crippen molar-refractivity contribution in [1.29, 1.82) is 0 Å². The molecule has 1 aliphatic rings. The standard InChI is InChI=1S/C16H15F2NO/c17-12-6-7-13(14(18)8-12)16-10-19-9-15(20-16)11-4-2-1-3-5-11/h1-8,15-16,19H,9-10H2. The molecule has 20 heavy (non-hydrogen) atoms. The van der Waals surface area contributed by atoms with E-state index >= 15 is 0 Å². The summed E-state index contributed by atoms with van der Waals surface area (Å²) in [5.41, 5.74) is 1.44. The van der Waals surface area contributed by atoms with Crippen LogP contribution >= 0.6 is 0 Å². The molecule has 0 saturated carbocycles. The molecule has 2 nitrogen and oxygen atoms in total. The van der Waals surface area contributed by atoms with Gasteiger partial charge in [0.15, 0.2) is 0 Å². The molecule has 1 N–H and O–H groups in total. The largest absolute Gasteiger partial charge is 0.363 e. The SMILES string of the molecule is Fc1ccc(C2CNCC(c3ccccc3)O2)c(F)c1. The molecule has 1 saturated heterocycles. The summed E-state index contributed by atoms with van der Waals surface area (Å²) in [6, 6.07) is 13.4. The lowest BCUT2D eigenvalue weighted by Gasteiger charge is -2.31. The predicted octanol–water partition coefficient (Wildman–Crippen LogP) is 3.37. The van der Waals surface area contributed by atoms with Gasteiger partial charge in [0.25, 0.3) is 0 Å². The lowest BCUT2D eigenvalue weighted by Crippen LogP contribution is -2.36. The molecule has 1 aliphatic heterocycles. The third kappa shape index (κ3) is 2.71. The van der Waals surface area contributed by atoms with E-state index < -0.39 is 17.7 Å². The highest BCUT2D eigenvalue weighted by Crippen LogP contribution is 2.30. The summed E-state index contributed by atoms with van der Waals surface area (Å²) in [6.07, 6.45) is -0.533. The molecule has 2 aromatic carbocycles. The Morgan fingerprint density at radius 1 is 0.950 bits per heavy atom. The number of halogens is 2. The van der Waals surface area contributed by atoms with Crippen molar-refractivity contribution in [3.05, 3.63) is 71.3 Å². The molecule has 0 aliphatic carbocycles. The van der Waals surface area contributed by atoms with E-state index in [1.807, 2.05) is 30.3 Å². The van der Waals surface area contributed by atoms with Crippen molar-refractivity contribution in [2.75, 3.05) is 13.1 Å². The second-order valence-corrected chi connectivity index (χ2v) is 4.85. The average molecular weight is 275 g/mol. The zero-order valence-corrected chi connectivity index (χ0v) is 10.9. The van der Waals surface area contributed by atoms with Crippen molar-refractivity contribution in [3.63, 3.8) is 0 Å². The maximum Gasteiger partial charge on any atom is 0.131 e. The van der Waals surface area contributed by atoms with Crippen LogP contribution in [0.25, 0.3) is 0 Å². The second kappa shape index (κ2) is 5.69. The van der Waals surface area contributed by atoms with Crippen molar-refractivity contribution in [3.8, 4) is 0 Å². The van der Waals surface area contributed by atoms with Crippen LogP contribution in [0.4, 0.5) is 8.78 Å². The van der Waals surface area contributed by atoms with Gasteiger partial charge in [0.05, 0.1) is 12.2 Å². The summed E-state index contributed by atoms with van der Waals surface area (Å²) >= 11 is 0. The van der Waals surface area contributed by atoms with Gasteiger partial charge in [-0.25, -0.2) is 8.78 Å². The van der Waals surface area contributed by atoms with Gasteiger partial charge in [-0.2, -0.15) is 0 Å². The first-order chi connectivity index (χ1) is 9.74. The molecule has 1 fully saturated rings. The van der Waals surface area contributed by atoms with Crippen LogP contribution in [0.5, 0.6) is 0 Å². The van der Waals surface area contributed by atoms with Crippen molar-refractivity contribution < 1.29 is 13.5 Å². The van der Waals surface area contributed by atoms with E-state index in [-0.39, 0.29) is 6.10 Å². The summed E-state index contributed by atoms with van der Waals surface area (Å²) in [7, 11) is 0. The van der Waals surface area contributed by atoms with Crippen LogP contribution in [0.3, 0.4) is 0 Å². The van der Waals surface area contributed by atoms with Crippen molar-refractivity contribution >= 4 is 0 Å². The highest BCUT2D eigenvalue weighted by atomic mass is 19.1.